The highest BCUT2D eigenvalue weighted by Gasteiger charge is 2.30. The zero-order valence-corrected chi connectivity index (χ0v) is 11.2. The number of alkyl halides is 3. The van der Waals surface area contributed by atoms with E-state index in [1.807, 2.05) is 30.7 Å². The molecule has 0 radical (unpaired) electrons. The SMILES string of the molecule is Cc1ccc(C)n1NCc1ccc(OC(F)(F)F)cc1. The van der Waals surface area contributed by atoms with Crippen LogP contribution in [-0.2, 0) is 6.54 Å². The van der Waals surface area contributed by atoms with Gasteiger partial charge in [0.25, 0.3) is 0 Å². The Morgan fingerprint density at radius 3 is 2.05 bits per heavy atom. The van der Waals surface area contributed by atoms with Crippen LogP contribution in [0, 0.1) is 13.8 Å². The Balaban J connectivity index is 1.98. The van der Waals surface area contributed by atoms with E-state index in [9.17, 15) is 13.2 Å². The molecule has 3 nitrogen and oxygen atoms in total. The van der Waals surface area contributed by atoms with E-state index in [1.165, 1.54) is 12.1 Å². The van der Waals surface area contributed by atoms with E-state index < -0.39 is 6.36 Å². The van der Waals surface area contributed by atoms with Crippen molar-refractivity contribution in [1.82, 2.24) is 4.68 Å². The van der Waals surface area contributed by atoms with Crippen LogP contribution >= 0.6 is 0 Å². The molecule has 1 aromatic heterocycles. The van der Waals surface area contributed by atoms with E-state index in [1.54, 1.807) is 12.1 Å². The van der Waals surface area contributed by atoms with E-state index in [2.05, 4.69) is 10.2 Å². The molecule has 0 aliphatic carbocycles. The number of rotatable bonds is 4. The summed E-state index contributed by atoms with van der Waals surface area (Å²) >= 11 is 0. The number of hydrogen-bond donors (Lipinski definition) is 1. The van der Waals surface area contributed by atoms with Gasteiger partial charge in [0, 0.05) is 11.4 Å². The highest BCUT2D eigenvalue weighted by atomic mass is 19.4. The molecule has 0 aliphatic heterocycles. The van der Waals surface area contributed by atoms with E-state index in [-0.39, 0.29) is 5.75 Å². The van der Waals surface area contributed by atoms with Crippen molar-refractivity contribution in [2.24, 2.45) is 0 Å². The molecule has 0 atom stereocenters. The molecule has 0 saturated heterocycles. The summed E-state index contributed by atoms with van der Waals surface area (Å²) in [5.41, 5.74) is 6.20. The molecule has 2 aromatic rings. The highest BCUT2D eigenvalue weighted by Crippen LogP contribution is 2.22. The van der Waals surface area contributed by atoms with Crippen molar-refractivity contribution in [3.8, 4) is 5.75 Å². The molecule has 2 rings (SSSR count). The van der Waals surface area contributed by atoms with Crippen molar-refractivity contribution in [1.29, 1.82) is 0 Å². The molecule has 0 unspecified atom stereocenters. The minimum Gasteiger partial charge on any atom is -0.406 e. The Labute approximate surface area is 114 Å². The van der Waals surface area contributed by atoms with Gasteiger partial charge in [0.05, 0.1) is 6.54 Å². The Morgan fingerprint density at radius 1 is 1.00 bits per heavy atom. The third-order valence-electron chi connectivity index (χ3n) is 2.87. The van der Waals surface area contributed by atoms with Crippen molar-refractivity contribution < 1.29 is 17.9 Å². The Bertz CT molecular complexity index is 554. The van der Waals surface area contributed by atoms with Crippen LogP contribution in [0.2, 0.25) is 0 Å². The molecule has 0 fully saturated rings. The van der Waals surface area contributed by atoms with Crippen molar-refractivity contribution in [3.63, 3.8) is 0 Å². The number of aryl methyl sites for hydroxylation is 2. The van der Waals surface area contributed by atoms with Gasteiger partial charge in [0.1, 0.15) is 5.75 Å². The van der Waals surface area contributed by atoms with Gasteiger partial charge in [-0.25, -0.2) is 0 Å². The van der Waals surface area contributed by atoms with Gasteiger partial charge in [-0.05, 0) is 43.7 Å². The summed E-state index contributed by atoms with van der Waals surface area (Å²) in [6.07, 6.45) is -4.65. The Kier molecular flexibility index (Phi) is 3.92. The van der Waals surface area contributed by atoms with Gasteiger partial charge >= 0.3 is 6.36 Å². The summed E-state index contributed by atoms with van der Waals surface area (Å²) in [6.45, 7) is 4.46. The lowest BCUT2D eigenvalue weighted by atomic mass is 10.2. The molecule has 108 valence electrons. The lowest BCUT2D eigenvalue weighted by Gasteiger charge is -2.13. The minimum absolute atomic E-state index is 0.213. The van der Waals surface area contributed by atoms with Gasteiger partial charge in [0.2, 0.25) is 0 Å². The maximum atomic E-state index is 12.0. The number of halogens is 3. The Hall–Kier alpha value is -2.11. The average molecular weight is 284 g/mol. The second-order valence-corrected chi connectivity index (χ2v) is 4.48. The minimum atomic E-state index is -4.65. The first-order valence-corrected chi connectivity index (χ1v) is 6.09. The molecular weight excluding hydrogens is 269 g/mol. The smallest absolute Gasteiger partial charge is 0.406 e. The van der Waals surface area contributed by atoms with Gasteiger partial charge in [-0.3, -0.25) is 4.68 Å². The van der Waals surface area contributed by atoms with Crippen molar-refractivity contribution in [3.05, 3.63) is 53.3 Å². The van der Waals surface area contributed by atoms with Gasteiger partial charge < -0.3 is 10.2 Å². The van der Waals surface area contributed by atoms with Gasteiger partial charge in [0.15, 0.2) is 0 Å². The molecular formula is C14H15F3N2O. The fourth-order valence-electron chi connectivity index (χ4n) is 1.90. The standard InChI is InChI=1S/C14H15F3N2O/c1-10-3-4-11(2)19(10)18-9-12-5-7-13(8-6-12)20-14(15,16)17/h3-8,18H,9H2,1-2H3. The summed E-state index contributed by atoms with van der Waals surface area (Å²) in [5.74, 6) is -0.213. The molecule has 20 heavy (non-hydrogen) atoms. The molecule has 0 aliphatic rings. The van der Waals surface area contributed by atoms with Crippen LogP contribution in [0.4, 0.5) is 13.2 Å². The topological polar surface area (TPSA) is 26.2 Å². The van der Waals surface area contributed by atoms with Crippen LogP contribution in [0.1, 0.15) is 17.0 Å². The number of ether oxygens (including phenoxy) is 1. The monoisotopic (exact) mass is 284 g/mol. The maximum Gasteiger partial charge on any atom is 0.573 e. The van der Waals surface area contributed by atoms with Crippen LogP contribution in [-0.4, -0.2) is 11.0 Å². The van der Waals surface area contributed by atoms with E-state index >= 15 is 0 Å². The number of hydrogen-bond acceptors (Lipinski definition) is 2. The number of nitrogens with zero attached hydrogens (tertiary/aromatic N) is 1. The van der Waals surface area contributed by atoms with Gasteiger partial charge in [-0.2, -0.15) is 0 Å². The summed E-state index contributed by atoms with van der Waals surface area (Å²) < 4.78 is 41.8. The van der Waals surface area contributed by atoms with E-state index in [0.29, 0.717) is 6.54 Å². The first kappa shape index (κ1) is 14.3. The zero-order valence-electron chi connectivity index (χ0n) is 11.2. The molecule has 0 amide bonds. The fourth-order valence-corrected chi connectivity index (χ4v) is 1.90. The van der Waals surface area contributed by atoms with Crippen LogP contribution in [0.25, 0.3) is 0 Å². The summed E-state index contributed by atoms with van der Waals surface area (Å²) in [4.78, 5) is 0. The van der Waals surface area contributed by atoms with Crippen LogP contribution in [0.3, 0.4) is 0 Å². The normalized spacial score (nSPS) is 11.4. The fraction of sp³-hybridized carbons (Fsp3) is 0.286. The van der Waals surface area contributed by atoms with Gasteiger partial charge in [-0.1, -0.05) is 12.1 Å². The van der Waals surface area contributed by atoms with Crippen LogP contribution < -0.4 is 10.2 Å². The summed E-state index contributed by atoms with van der Waals surface area (Å²) in [7, 11) is 0. The lowest BCUT2D eigenvalue weighted by Crippen LogP contribution is -2.18. The van der Waals surface area contributed by atoms with Crippen molar-refractivity contribution >= 4 is 0 Å². The molecule has 1 heterocycles. The first-order chi connectivity index (χ1) is 9.35. The van der Waals surface area contributed by atoms with Gasteiger partial charge in [-0.15, -0.1) is 13.2 Å². The zero-order chi connectivity index (χ0) is 14.8. The van der Waals surface area contributed by atoms with Crippen LogP contribution in [0.15, 0.2) is 36.4 Å². The molecule has 0 bridgehead atoms. The molecule has 6 heteroatoms. The lowest BCUT2D eigenvalue weighted by molar-refractivity contribution is -0.274. The number of nitrogens with one attached hydrogen (secondary N) is 1. The number of benzene rings is 1. The molecule has 0 saturated carbocycles. The van der Waals surface area contributed by atoms with Crippen molar-refractivity contribution in [2.45, 2.75) is 26.8 Å². The predicted molar refractivity (Wildman–Crippen MR) is 70.1 cm³/mol. The summed E-state index contributed by atoms with van der Waals surface area (Å²) in [6, 6.07) is 9.79. The third-order valence-corrected chi connectivity index (χ3v) is 2.87. The second kappa shape index (κ2) is 5.48. The summed E-state index contributed by atoms with van der Waals surface area (Å²) in [5, 5.41) is 0. The highest BCUT2D eigenvalue weighted by molar-refractivity contribution is 5.28. The third kappa shape index (κ3) is 3.69. The predicted octanol–water partition coefficient (Wildman–Crippen LogP) is 3.75. The quantitative estimate of drug-likeness (QED) is 0.925. The first-order valence-electron chi connectivity index (χ1n) is 6.09. The second-order valence-electron chi connectivity index (χ2n) is 4.48. The Morgan fingerprint density at radius 2 is 1.55 bits per heavy atom. The van der Waals surface area contributed by atoms with Crippen LogP contribution in [0.5, 0.6) is 5.75 Å². The van der Waals surface area contributed by atoms with Crippen molar-refractivity contribution in [2.75, 3.05) is 5.43 Å². The van der Waals surface area contributed by atoms with E-state index in [0.717, 1.165) is 17.0 Å². The van der Waals surface area contributed by atoms with E-state index in [4.69, 9.17) is 0 Å². The largest absolute Gasteiger partial charge is 0.573 e. The maximum absolute atomic E-state index is 12.0. The molecule has 0 spiro atoms. The molecule has 1 N–H and O–H groups in total. The average Bonchev–Trinajstić information content (AvgIpc) is 2.67. The molecule has 1 aromatic carbocycles. The number of aromatic nitrogens is 1.